The van der Waals surface area contributed by atoms with Crippen molar-refractivity contribution in [2.24, 2.45) is 4.99 Å². The number of ether oxygens (including phenoxy) is 1. The highest BCUT2D eigenvalue weighted by atomic mass is 32.2. The van der Waals surface area contributed by atoms with Crippen LogP contribution in [0.3, 0.4) is 0 Å². The molecular formula is C16H25F3N4O3S. The Hall–Kier alpha value is -2.04. The number of nitrogens with zero attached hydrogens (tertiary/aromatic N) is 2. The van der Waals surface area contributed by atoms with E-state index in [9.17, 15) is 21.6 Å². The summed E-state index contributed by atoms with van der Waals surface area (Å²) in [6.45, 7) is 4.73. The maximum atomic E-state index is 12.5. The maximum absolute atomic E-state index is 12.5. The van der Waals surface area contributed by atoms with E-state index in [1.165, 1.54) is 6.26 Å². The van der Waals surface area contributed by atoms with Gasteiger partial charge in [-0.25, -0.2) is 18.4 Å². The highest BCUT2D eigenvalue weighted by molar-refractivity contribution is 7.90. The fourth-order valence-corrected chi connectivity index (χ4v) is 2.74. The van der Waals surface area contributed by atoms with Gasteiger partial charge >= 0.3 is 6.18 Å². The monoisotopic (exact) mass is 410 g/mol. The van der Waals surface area contributed by atoms with Gasteiger partial charge in [-0.3, -0.25) is 0 Å². The molecule has 11 heteroatoms. The van der Waals surface area contributed by atoms with Crippen molar-refractivity contribution >= 4 is 15.8 Å². The lowest BCUT2D eigenvalue weighted by Gasteiger charge is -2.17. The molecule has 0 radical (unpaired) electrons. The second-order valence-corrected chi connectivity index (χ2v) is 8.22. The van der Waals surface area contributed by atoms with Crippen LogP contribution in [0.2, 0.25) is 0 Å². The van der Waals surface area contributed by atoms with E-state index in [0.717, 1.165) is 12.1 Å². The summed E-state index contributed by atoms with van der Waals surface area (Å²) in [5.74, 6) is 0.656. The molecule has 0 aliphatic heterocycles. The zero-order valence-electron chi connectivity index (χ0n) is 15.5. The number of halogens is 3. The number of alkyl halides is 3. The van der Waals surface area contributed by atoms with Gasteiger partial charge in [0.15, 0.2) is 5.96 Å². The molecule has 0 aromatic carbocycles. The minimum atomic E-state index is -4.43. The van der Waals surface area contributed by atoms with Crippen molar-refractivity contribution in [1.29, 1.82) is 0 Å². The minimum Gasteiger partial charge on any atom is -0.476 e. The van der Waals surface area contributed by atoms with Crippen LogP contribution in [0.5, 0.6) is 5.88 Å². The summed E-state index contributed by atoms with van der Waals surface area (Å²) in [6, 6.07) is 1.96. The molecule has 1 heterocycles. The Kier molecular flexibility index (Phi) is 8.80. The summed E-state index contributed by atoms with van der Waals surface area (Å²) in [5.41, 5.74) is -0.838. The Bertz CT molecular complexity index is 707. The van der Waals surface area contributed by atoms with Crippen LogP contribution >= 0.6 is 0 Å². The van der Waals surface area contributed by atoms with Crippen LogP contribution in [0.4, 0.5) is 13.2 Å². The van der Waals surface area contributed by atoms with Crippen molar-refractivity contribution < 1.29 is 26.3 Å². The molecule has 0 bridgehead atoms. The van der Waals surface area contributed by atoms with Crippen LogP contribution in [-0.4, -0.2) is 57.1 Å². The highest BCUT2D eigenvalue weighted by Gasteiger charge is 2.30. The molecule has 1 atom stereocenters. The third-order valence-corrected chi connectivity index (χ3v) is 4.30. The largest absolute Gasteiger partial charge is 0.476 e. The van der Waals surface area contributed by atoms with Gasteiger partial charge in [-0.05, 0) is 26.3 Å². The molecule has 27 heavy (non-hydrogen) atoms. The van der Waals surface area contributed by atoms with Crippen molar-refractivity contribution in [3.05, 3.63) is 23.9 Å². The molecule has 1 aromatic heterocycles. The number of hydrogen-bond acceptors (Lipinski definition) is 5. The number of guanidine groups is 1. The lowest BCUT2D eigenvalue weighted by molar-refractivity contribution is -0.137. The fourth-order valence-electron chi connectivity index (χ4n) is 1.96. The zero-order valence-corrected chi connectivity index (χ0v) is 16.3. The number of aromatic nitrogens is 1. The van der Waals surface area contributed by atoms with E-state index in [1.54, 1.807) is 0 Å². The second kappa shape index (κ2) is 10.3. The average Bonchev–Trinajstić information content (AvgIpc) is 2.56. The molecule has 0 aliphatic carbocycles. The van der Waals surface area contributed by atoms with Crippen LogP contribution in [-0.2, 0) is 16.0 Å². The van der Waals surface area contributed by atoms with E-state index in [1.807, 2.05) is 13.8 Å². The van der Waals surface area contributed by atoms with E-state index in [-0.39, 0.29) is 30.8 Å². The Morgan fingerprint density at radius 3 is 2.59 bits per heavy atom. The Balaban J connectivity index is 2.49. The first-order valence-corrected chi connectivity index (χ1v) is 10.5. The first kappa shape index (κ1) is 23.0. The second-order valence-electron chi connectivity index (χ2n) is 5.96. The summed E-state index contributed by atoms with van der Waals surface area (Å²) < 4.78 is 65.1. The first-order chi connectivity index (χ1) is 12.5. The summed E-state index contributed by atoms with van der Waals surface area (Å²) in [5, 5.41) is 6.12. The number of pyridine rings is 1. The molecule has 1 rings (SSSR count). The first-order valence-electron chi connectivity index (χ1n) is 8.40. The topological polar surface area (TPSA) is 92.7 Å². The Morgan fingerprint density at radius 1 is 1.37 bits per heavy atom. The molecule has 0 spiro atoms. The molecule has 0 saturated carbocycles. The fraction of sp³-hybridized carbons (Fsp3) is 0.625. The highest BCUT2D eigenvalue weighted by Crippen LogP contribution is 2.29. The number of sulfone groups is 1. The SMILES string of the molecule is CCNC(=NCCOc1ccc(C(F)(F)F)cn1)NC(C)CCS(C)(=O)=O. The van der Waals surface area contributed by atoms with Crippen molar-refractivity contribution in [2.45, 2.75) is 32.5 Å². The zero-order chi connectivity index (χ0) is 20.5. The van der Waals surface area contributed by atoms with Crippen LogP contribution in [0, 0.1) is 0 Å². The molecule has 0 aliphatic rings. The van der Waals surface area contributed by atoms with Crippen LogP contribution in [0.15, 0.2) is 23.3 Å². The third-order valence-electron chi connectivity index (χ3n) is 3.32. The van der Waals surface area contributed by atoms with E-state index in [2.05, 4.69) is 20.6 Å². The van der Waals surface area contributed by atoms with E-state index >= 15 is 0 Å². The molecule has 2 N–H and O–H groups in total. The third kappa shape index (κ3) is 10.0. The molecule has 154 valence electrons. The standard InChI is InChI=1S/C16H25F3N4O3S/c1-4-20-15(23-12(2)7-10-27(3,24)25)21-8-9-26-14-6-5-13(11-22-14)16(17,18)19/h5-6,11-12H,4,7-10H2,1-3H3,(H2,20,21,23). The van der Waals surface area contributed by atoms with E-state index in [4.69, 9.17) is 4.74 Å². The number of aliphatic imine (C=N–C) groups is 1. The van der Waals surface area contributed by atoms with Gasteiger partial charge in [0.25, 0.3) is 0 Å². The van der Waals surface area contributed by atoms with Gasteiger partial charge in [0.05, 0.1) is 17.9 Å². The summed E-state index contributed by atoms with van der Waals surface area (Å²) >= 11 is 0. The quantitative estimate of drug-likeness (QED) is 0.367. The smallest absolute Gasteiger partial charge is 0.417 e. The normalized spacial score (nSPS) is 13.9. The minimum absolute atomic E-state index is 0.0727. The number of hydrogen-bond donors (Lipinski definition) is 2. The molecule has 1 aromatic rings. The van der Waals surface area contributed by atoms with Crippen LogP contribution in [0.1, 0.15) is 25.8 Å². The van der Waals surface area contributed by atoms with Crippen molar-refractivity contribution in [3.8, 4) is 5.88 Å². The summed E-state index contributed by atoms with van der Waals surface area (Å²) in [7, 11) is -3.03. The van der Waals surface area contributed by atoms with Gasteiger partial charge in [-0.2, -0.15) is 13.2 Å². The predicted molar refractivity (Wildman–Crippen MR) is 97.6 cm³/mol. The van der Waals surface area contributed by atoms with Crippen molar-refractivity contribution in [2.75, 3.05) is 31.7 Å². The number of rotatable bonds is 9. The van der Waals surface area contributed by atoms with Crippen LogP contribution in [0.25, 0.3) is 0 Å². The molecule has 0 fully saturated rings. The van der Waals surface area contributed by atoms with Crippen molar-refractivity contribution in [1.82, 2.24) is 15.6 Å². The molecule has 7 nitrogen and oxygen atoms in total. The summed E-state index contributed by atoms with van der Waals surface area (Å²) in [4.78, 5) is 7.90. The summed E-state index contributed by atoms with van der Waals surface area (Å²) in [6.07, 6.45) is -2.09. The van der Waals surface area contributed by atoms with Gasteiger partial charge in [0.1, 0.15) is 16.4 Å². The Labute approximate surface area is 157 Å². The van der Waals surface area contributed by atoms with Gasteiger partial charge < -0.3 is 15.4 Å². The van der Waals surface area contributed by atoms with Gasteiger partial charge in [0.2, 0.25) is 5.88 Å². The Morgan fingerprint density at radius 2 is 2.07 bits per heavy atom. The molecule has 1 unspecified atom stereocenters. The van der Waals surface area contributed by atoms with Gasteiger partial charge in [-0.1, -0.05) is 0 Å². The average molecular weight is 410 g/mol. The van der Waals surface area contributed by atoms with Crippen LogP contribution < -0.4 is 15.4 Å². The lowest BCUT2D eigenvalue weighted by Crippen LogP contribution is -2.43. The predicted octanol–water partition coefficient (Wildman–Crippen LogP) is 1.86. The van der Waals surface area contributed by atoms with E-state index < -0.39 is 21.6 Å². The molecule has 0 amide bonds. The molecular weight excluding hydrogens is 385 g/mol. The maximum Gasteiger partial charge on any atom is 0.417 e. The van der Waals surface area contributed by atoms with Crippen molar-refractivity contribution in [3.63, 3.8) is 0 Å². The van der Waals surface area contributed by atoms with Gasteiger partial charge in [0, 0.05) is 31.1 Å². The van der Waals surface area contributed by atoms with E-state index in [0.29, 0.717) is 25.1 Å². The molecule has 0 saturated heterocycles. The number of nitrogens with one attached hydrogen (secondary N) is 2. The van der Waals surface area contributed by atoms with Gasteiger partial charge in [-0.15, -0.1) is 0 Å². The lowest BCUT2D eigenvalue weighted by atomic mass is 10.3.